The lowest BCUT2D eigenvalue weighted by Gasteiger charge is -2.36. The Kier molecular flexibility index (Phi) is 5.50. The van der Waals surface area contributed by atoms with Crippen molar-refractivity contribution in [1.29, 1.82) is 0 Å². The van der Waals surface area contributed by atoms with Crippen molar-refractivity contribution >= 4 is 40.5 Å². The lowest BCUT2D eigenvalue weighted by atomic mass is 9.93. The summed E-state index contributed by atoms with van der Waals surface area (Å²) in [6.07, 6.45) is 1.32. The van der Waals surface area contributed by atoms with E-state index in [1.807, 2.05) is 12.1 Å². The van der Waals surface area contributed by atoms with Gasteiger partial charge in [0, 0.05) is 4.88 Å². The van der Waals surface area contributed by atoms with E-state index in [-0.39, 0.29) is 12.0 Å². The maximum absolute atomic E-state index is 11.2. The van der Waals surface area contributed by atoms with Crippen LogP contribution in [0.5, 0.6) is 0 Å². The van der Waals surface area contributed by atoms with E-state index in [0.29, 0.717) is 22.9 Å². The quantitative estimate of drug-likeness (QED) is 0.783. The minimum atomic E-state index is -0.695. The smallest absolute Gasteiger partial charge is 0.306 e. The fourth-order valence-corrected chi connectivity index (χ4v) is 4.72. The van der Waals surface area contributed by atoms with E-state index in [2.05, 4.69) is 23.3 Å². The van der Waals surface area contributed by atoms with Crippen LogP contribution >= 0.6 is 34.5 Å². The molecule has 0 spiro atoms. The van der Waals surface area contributed by atoms with Gasteiger partial charge >= 0.3 is 5.97 Å². The Morgan fingerprint density at radius 1 is 1.33 bits per heavy atom. The molecule has 0 aliphatic carbocycles. The third-order valence-corrected chi connectivity index (χ3v) is 6.48. The van der Waals surface area contributed by atoms with Gasteiger partial charge in [-0.25, -0.2) is 0 Å². The average molecular weight is 384 g/mol. The van der Waals surface area contributed by atoms with Crippen LogP contribution in [0.2, 0.25) is 10.0 Å². The van der Waals surface area contributed by atoms with Crippen molar-refractivity contribution in [1.82, 2.24) is 4.90 Å². The Bertz CT molecular complexity index is 738. The number of carbonyl (C=O) groups is 1. The third-order valence-electron chi connectivity index (χ3n) is 4.54. The van der Waals surface area contributed by atoms with Crippen molar-refractivity contribution in [3.05, 3.63) is 55.7 Å². The number of carboxylic acid groups (broad SMARTS) is 1. The first-order chi connectivity index (χ1) is 11.5. The SMILES string of the molecule is Cc1csc(C(c2cccc(Cl)c2Cl)N2CCC(C(=O)O)CC2)c1. The summed E-state index contributed by atoms with van der Waals surface area (Å²) in [4.78, 5) is 14.8. The Morgan fingerprint density at radius 2 is 2.04 bits per heavy atom. The molecule has 1 N–H and O–H groups in total. The molecule has 2 aromatic rings. The highest BCUT2D eigenvalue weighted by Gasteiger charge is 2.32. The molecule has 0 amide bonds. The minimum absolute atomic E-state index is 0.0182. The maximum atomic E-state index is 11.2. The van der Waals surface area contributed by atoms with E-state index in [1.54, 1.807) is 17.4 Å². The molecule has 1 saturated heterocycles. The number of benzene rings is 1. The number of halogens is 2. The highest BCUT2D eigenvalue weighted by molar-refractivity contribution is 7.10. The van der Waals surface area contributed by atoms with Crippen molar-refractivity contribution in [2.75, 3.05) is 13.1 Å². The minimum Gasteiger partial charge on any atom is -0.481 e. The zero-order valence-corrected chi connectivity index (χ0v) is 15.7. The number of aliphatic carboxylic acids is 1. The number of carboxylic acids is 1. The van der Waals surface area contributed by atoms with E-state index >= 15 is 0 Å². The van der Waals surface area contributed by atoms with Gasteiger partial charge in [0.15, 0.2) is 0 Å². The van der Waals surface area contributed by atoms with Crippen molar-refractivity contribution in [2.45, 2.75) is 25.8 Å². The van der Waals surface area contributed by atoms with E-state index in [9.17, 15) is 9.90 Å². The van der Waals surface area contributed by atoms with E-state index in [1.165, 1.54) is 10.4 Å². The molecule has 24 heavy (non-hydrogen) atoms. The molecule has 1 aromatic carbocycles. The first kappa shape index (κ1) is 17.7. The maximum Gasteiger partial charge on any atom is 0.306 e. The molecule has 0 radical (unpaired) electrons. The van der Waals surface area contributed by atoms with Gasteiger partial charge in [0.25, 0.3) is 0 Å². The third kappa shape index (κ3) is 3.62. The number of rotatable bonds is 4. The molecule has 2 heterocycles. The summed E-state index contributed by atoms with van der Waals surface area (Å²) in [6, 6.07) is 7.92. The second kappa shape index (κ2) is 7.44. The average Bonchev–Trinajstić information content (AvgIpc) is 2.98. The Hall–Kier alpha value is -1.07. The van der Waals surface area contributed by atoms with Crippen LogP contribution in [0.4, 0.5) is 0 Å². The number of hydrogen-bond donors (Lipinski definition) is 1. The number of thiophene rings is 1. The van der Waals surface area contributed by atoms with Gasteiger partial charge in [0.1, 0.15) is 0 Å². The number of nitrogens with zero attached hydrogens (tertiary/aromatic N) is 1. The number of hydrogen-bond acceptors (Lipinski definition) is 3. The van der Waals surface area contributed by atoms with Gasteiger partial charge in [0.05, 0.1) is 22.0 Å². The van der Waals surface area contributed by atoms with Crippen LogP contribution in [0, 0.1) is 12.8 Å². The highest BCUT2D eigenvalue weighted by Crippen LogP contribution is 2.40. The molecule has 1 aliphatic rings. The highest BCUT2D eigenvalue weighted by atomic mass is 35.5. The predicted molar refractivity (Wildman–Crippen MR) is 99.3 cm³/mol. The molecule has 0 bridgehead atoms. The lowest BCUT2D eigenvalue weighted by molar-refractivity contribution is -0.143. The first-order valence-corrected chi connectivity index (χ1v) is 9.56. The molecule has 3 rings (SSSR count). The van der Waals surface area contributed by atoms with Gasteiger partial charge in [-0.05, 0) is 61.5 Å². The van der Waals surface area contributed by atoms with Crippen molar-refractivity contribution in [3.63, 3.8) is 0 Å². The predicted octanol–water partition coefficient (Wildman–Crippen LogP) is 5.25. The molecule has 1 fully saturated rings. The van der Waals surface area contributed by atoms with E-state index in [0.717, 1.165) is 18.7 Å². The Balaban J connectivity index is 1.95. The normalized spacial score (nSPS) is 17.8. The fraction of sp³-hybridized carbons (Fsp3) is 0.389. The van der Waals surface area contributed by atoms with Gasteiger partial charge in [-0.3, -0.25) is 9.69 Å². The molecule has 1 atom stereocenters. The van der Waals surface area contributed by atoms with E-state index < -0.39 is 5.97 Å². The molecular formula is C18H19Cl2NO2S. The summed E-state index contributed by atoms with van der Waals surface area (Å²) in [5.74, 6) is -0.944. The van der Waals surface area contributed by atoms with Crippen LogP contribution in [0.15, 0.2) is 29.6 Å². The van der Waals surface area contributed by atoms with E-state index in [4.69, 9.17) is 23.2 Å². The number of piperidine rings is 1. The van der Waals surface area contributed by atoms with Gasteiger partial charge in [-0.1, -0.05) is 35.3 Å². The molecule has 128 valence electrons. The van der Waals surface area contributed by atoms with Crippen molar-refractivity contribution < 1.29 is 9.90 Å². The lowest BCUT2D eigenvalue weighted by Crippen LogP contribution is -2.39. The summed E-state index contributed by atoms with van der Waals surface area (Å²) in [6.45, 7) is 3.55. The molecule has 1 unspecified atom stereocenters. The molecule has 0 saturated carbocycles. The van der Waals surface area contributed by atoms with Gasteiger partial charge in [-0.2, -0.15) is 0 Å². The summed E-state index contributed by atoms with van der Waals surface area (Å²) >= 11 is 14.4. The summed E-state index contributed by atoms with van der Waals surface area (Å²) < 4.78 is 0. The Labute approximate surface area is 155 Å². The van der Waals surface area contributed by atoms with Gasteiger partial charge in [0.2, 0.25) is 0 Å². The fourth-order valence-electron chi connectivity index (χ4n) is 3.26. The van der Waals surface area contributed by atoms with Gasteiger partial charge < -0.3 is 5.11 Å². The molecule has 3 nitrogen and oxygen atoms in total. The van der Waals surface area contributed by atoms with Crippen LogP contribution in [0.1, 0.15) is 34.9 Å². The monoisotopic (exact) mass is 383 g/mol. The zero-order chi connectivity index (χ0) is 17.3. The largest absolute Gasteiger partial charge is 0.481 e. The Morgan fingerprint density at radius 3 is 2.62 bits per heavy atom. The van der Waals surface area contributed by atoms with Crippen LogP contribution < -0.4 is 0 Å². The van der Waals surface area contributed by atoms with Crippen molar-refractivity contribution in [3.8, 4) is 0 Å². The molecule has 1 aliphatic heterocycles. The first-order valence-electron chi connectivity index (χ1n) is 7.93. The van der Waals surface area contributed by atoms with Crippen LogP contribution in [-0.2, 0) is 4.79 Å². The van der Waals surface area contributed by atoms with Gasteiger partial charge in [-0.15, -0.1) is 11.3 Å². The van der Waals surface area contributed by atoms with Crippen molar-refractivity contribution in [2.24, 2.45) is 5.92 Å². The second-order valence-electron chi connectivity index (χ2n) is 6.22. The zero-order valence-electron chi connectivity index (χ0n) is 13.3. The second-order valence-corrected chi connectivity index (χ2v) is 7.95. The number of likely N-dealkylation sites (tertiary alicyclic amines) is 1. The topological polar surface area (TPSA) is 40.5 Å². The summed E-state index contributed by atoms with van der Waals surface area (Å²) in [5.41, 5.74) is 2.21. The summed E-state index contributed by atoms with van der Waals surface area (Å²) in [7, 11) is 0. The van der Waals surface area contributed by atoms with Crippen LogP contribution in [-0.4, -0.2) is 29.1 Å². The van der Waals surface area contributed by atoms with Crippen LogP contribution in [0.25, 0.3) is 0 Å². The standard InChI is InChI=1S/C18H19Cl2NO2S/c1-11-9-15(24-10-11)17(13-3-2-4-14(19)16(13)20)21-7-5-12(6-8-21)18(22)23/h2-4,9-10,12,17H,5-8H2,1H3,(H,22,23). The molecular weight excluding hydrogens is 365 g/mol. The van der Waals surface area contributed by atoms with Crippen LogP contribution in [0.3, 0.4) is 0 Å². The number of aryl methyl sites for hydroxylation is 1. The molecule has 1 aromatic heterocycles. The molecule has 6 heteroatoms. The summed E-state index contributed by atoms with van der Waals surface area (Å²) in [5, 5.41) is 12.5.